The van der Waals surface area contributed by atoms with E-state index in [0.29, 0.717) is 25.3 Å². The number of fused-ring (bicyclic) bond motifs is 1. The second-order valence-electron chi connectivity index (χ2n) is 5.12. The number of hydrogen-bond acceptors (Lipinski definition) is 3. The monoisotopic (exact) mass is 235 g/mol. The van der Waals surface area contributed by atoms with Crippen LogP contribution in [-0.2, 0) is 17.8 Å². The van der Waals surface area contributed by atoms with Gasteiger partial charge in [0, 0.05) is 18.9 Å². The summed E-state index contributed by atoms with van der Waals surface area (Å²) in [5.41, 5.74) is 0. The maximum atomic E-state index is 11.0. The van der Waals surface area contributed by atoms with Crippen LogP contribution in [0.2, 0.25) is 0 Å². The van der Waals surface area contributed by atoms with Gasteiger partial charge in [0.2, 0.25) is 0 Å². The third-order valence-corrected chi connectivity index (χ3v) is 3.95. The molecule has 5 nitrogen and oxygen atoms in total. The van der Waals surface area contributed by atoms with E-state index in [1.54, 1.807) is 0 Å². The molecule has 2 aliphatic rings. The van der Waals surface area contributed by atoms with Crippen LogP contribution in [0.25, 0.3) is 0 Å². The first-order valence-corrected chi connectivity index (χ1v) is 6.40. The fourth-order valence-corrected chi connectivity index (χ4v) is 2.89. The lowest BCUT2D eigenvalue weighted by Gasteiger charge is -2.17. The molecule has 3 rings (SSSR count). The van der Waals surface area contributed by atoms with Crippen molar-refractivity contribution in [3.63, 3.8) is 0 Å². The van der Waals surface area contributed by atoms with Crippen molar-refractivity contribution in [2.75, 3.05) is 0 Å². The second kappa shape index (κ2) is 4.13. The van der Waals surface area contributed by atoms with Crippen LogP contribution >= 0.6 is 0 Å². The lowest BCUT2D eigenvalue weighted by Crippen LogP contribution is -2.26. The first-order valence-electron chi connectivity index (χ1n) is 6.40. The van der Waals surface area contributed by atoms with Crippen molar-refractivity contribution in [3.8, 4) is 0 Å². The van der Waals surface area contributed by atoms with E-state index >= 15 is 0 Å². The van der Waals surface area contributed by atoms with E-state index in [-0.39, 0.29) is 5.92 Å². The third kappa shape index (κ3) is 1.94. The maximum Gasteiger partial charge on any atom is 0.307 e. The number of carboxylic acid groups (broad SMARTS) is 1. The van der Waals surface area contributed by atoms with E-state index in [4.69, 9.17) is 5.11 Å². The highest BCUT2D eigenvalue weighted by Crippen LogP contribution is 2.33. The molecule has 1 atom stereocenters. The molecule has 1 saturated carbocycles. The molecule has 1 aromatic rings. The minimum Gasteiger partial charge on any atom is -0.481 e. The van der Waals surface area contributed by atoms with Crippen LogP contribution in [0.1, 0.15) is 49.7 Å². The van der Waals surface area contributed by atoms with Crippen molar-refractivity contribution >= 4 is 5.97 Å². The van der Waals surface area contributed by atoms with E-state index in [1.807, 2.05) is 4.68 Å². The minimum absolute atomic E-state index is 0.275. The van der Waals surface area contributed by atoms with Gasteiger partial charge in [-0.1, -0.05) is 12.8 Å². The van der Waals surface area contributed by atoms with Crippen LogP contribution in [0.3, 0.4) is 0 Å². The molecular formula is C12H17N3O2. The van der Waals surface area contributed by atoms with E-state index < -0.39 is 5.97 Å². The summed E-state index contributed by atoms with van der Waals surface area (Å²) in [5, 5.41) is 13.6. The van der Waals surface area contributed by atoms with Crippen molar-refractivity contribution in [3.05, 3.63) is 11.6 Å². The SMILES string of the molecule is O=C(O)C1CCn2nc(C3CCCC3)nc2C1. The summed E-state index contributed by atoms with van der Waals surface area (Å²) >= 11 is 0. The number of carboxylic acids is 1. The van der Waals surface area contributed by atoms with Crippen LogP contribution in [0.4, 0.5) is 0 Å². The zero-order valence-corrected chi connectivity index (χ0v) is 9.80. The van der Waals surface area contributed by atoms with Crippen molar-refractivity contribution in [1.82, 2.24) is 14.8 Å². The Labute approximate surface area is 99.9 Å². The summed E-state index contributed by atoms with van der Waals surface area (Å²) in [6.07, 6.45) is 6.13. The number of aromatic nitrogens is 3. The van der Waals surface area contributed by atoms with E-state index in [0.717, 1.165) is 11.6 Å². The van der Waals surface area contributed by atoms with Gasteiger partial charge in [0.1, 0.15) is 5.82 Å². The Morgan fingerprint density at radius 1 is 1.29 bits per heavy atom. The molecule has 1 aromatic heterocycles. The molecule has 0 bridgehead atoms. The highest BCUT2D eigenvalue weighted by molar-refractivity contribution is 5.70. The van der Waals surface area contributed by atoms with Gasteiger partial charge in [-0.05, 0) is 19.3 Å². The summed E-state index contributed by atoms with van der Waals surface area (Å²) in [5.74, 6) is 1.34. The molecule has 2 heterocycles. The molecule has 1 unspecified atom stereocenters. The molecule has 17 heavy (non-hydrogen) atoms. The fraction of sp³-hybridized carbons (Fsp3) is 0.750. The van der Waals surface area contributed by atoms with Gasteiger partial charge in [0.15, 0.2) is 5.82 Å². The number of rotatable bonds is 2. The van der Waals surface area contributed by atoms with Gasteiger partial charge >= 0.3 is 5.97 Å². The molecule has 1 aliphatic heterocycles. The topological polar surface area (TPSA) is 68.0 Å². The number of nitrogens with zero attached hydrogens (tertiary/aromatic N) is 3. The summed E-state index contributed by atoms with van der Waals surface area (Å²) < 4.78 is 1.91. The largest absolute Gasteiger partial charge is 0.481 e. The number of carbonyl (C=O) groups is 1. The van der Waals surface area contributed by atoms with Crippen LogP contribution in [0, 0.1) is 5.92 Å². The predicted octanol–water partition coefficient (Wildman–Crippen LogP) is 1.58. The van der Waals surface area contributed by atoms with Crippen LogP contribution in [0.5, 0.6) is 0 Å². The molecule has 1 fully saturated rings. The van der Waals surface area contributed by atoms with Crippen molar-refractivity contribution in [2.45, 2.75) is 51.0 Å². The Hall–Kier alpha value is -1.39. The van der Waals surface area contributed by atoms with Gasteiger partial charge in [0.25, 0.3) is 0 Å². The minimum atomic E-state index is -0.707. The number of aliphatic carboxylic acids is 1. The first-order chi connectivity index (χ1) is 8.24. The maximum absolute atomic E-state index is 11.0. The van der Waals surface area contributed by atoms with Crippen LogP contribution in [-0.4, -0.2) is 25.8 Å². The fourth-order valence-electron chi connectivity index (χ4n) is 2.89. The molecule has 0 saturated heterocycles. The first kappa shape index (κ1) is 10.7. The van der Waals surface area contributed by atoms with E-state index in [1.165, 1.54) is 25.7 Å². The van der Waals surface area contributed by atoms with Gasteiger partial charge in [0.05, 0.1) is 5.92 Å². The summed E-state index contributed by atoms with van der Waals surface area (Å²) in [6, 6.07) is 0. The molecule has 0 aromatic carbocycles. The second-order valence-corrected chi connectivity index (χ2v) is 5.12. The standard InChI is InChI=1S/C12H17N3O2/c16-12(17)9-5-6-15-10(7-9)13-11(14-15)8-3-1-2-4-8/h8-9H,1-7H2,(H,16,17). The molecule has 92 valence electrons. The highest BCUT2D eigenvalue weighted by atomic mass is 16.4. The zero-order valence-electron chi connectivity index (χ0n) is 9.80. The van der Waals surface area contributed by atoms with Gasteiger partial charge in [-0.2, -0.15) is 5.10 Å². The molecule has 1 aliphatic carbocycles. The van der Waals surface area contributed by atoms with E-state index in [9.17, 15) is 4.79 Å². The van der Waals surface area contributed by atoms with Crippen LogP contribution in [0.15, 0.2) is 0 Å². The van der Waals surface area contributed by atoms with Gasteiger partial charge < -0.3 is 5.11 Å². The average molecular weight is 235 g/mol. The number of hydrogen-bond donors (Lipinski definition) is 1. The Balaban J connectivity index is 1.81. The van der Waals surface area contributed by atoms with Gasteiger partial charge in [-0.15, -0.1) is 0 Å². The molecule has 0 radical (unpaired) electrons. The third-order valence-electron chi connectivity index (χ3n) is 3.95. The zero-order chi connectivity index (χ0) is 11.8. The van der Waals surface area contributed by atoms with Crippen molar-refractivity contribution in [2.24, 2.45) is 5.92 Å². The Morgan fingerprint density at radius 3 is 2.76 bits per heavy atom. The van der Waals surface area contributed by atoms with Crippen molar-refractivity contribution < 1.29 is 9.90 Å². The smallest absolute Gasteiger partial charge is 0.307 e. The Bertz CT molecular complexity index is 435. The average Bonchev–Trinajstić information content (AvgIpc) is 2.96. The molecular weight excluding hydrogens is 218 g/mol. The summed E-state index contributed by atoms with van der Waals surface area (Å²) in [4.78, 5) is 15.5. The van der Waals surface area contributed by atoms with Gasteiger partial charge in [-0.25, -0.2) is 9.67 Å². The molecule has 1 N–H and O–H groups in total. The summed E-state index contributed by atoms with van der Waals surface area (Å²) in [6.45, 7) is 0.700. The van der Waals surface area contributed by atoms with Gasteiger partial charge in [-0.3, -0.25) is 4.79 Å². The Morgan fingerprint density at radius 2 is 2.06 bits per heavy atom. The Kier molecular flexibility index (Phi) is 2.61. The molecule has 5 heteroatoms. The quantitative estimate of drug-likeness (QED) is 0.845. The molecule has 0 amide bonds. The predicted molar refractivity (Wildman–Crippen MR) is 60.7 cm³/mol. The number of aryl methyl sites for hydroxylation is 1. The molecule has 0 spiro atoms. The normalized spacial score (nSPS) is 24.8. The van der Waals surface area contributed by atoms with E-state index in [2.05, 4.69) is 10.1 Å². The van der Waals surface area contributed by atoms with Crippen LogP contribution < -0.4 is 0 Å². The lowest BCUT2D eigenvalue weighted by atomic mass is 9.98. The highest BCUT2D eigenvalue weighted by Gasteiger charge is 2.29. The van der Waals surface area contributed by atoms with Crippen molar-refractivity contribution in [1.29, 1.82) is 0 Å². The lowest BCUT2D eigenvalue weighted by molar-refractivity contribution is -0.142. The summed E-state index contributed by atoms with van der Waals surface area (Å²) in [7, 11) is 0.